The van der Waals surface area contributed by atoms with Crippen LogP contribution < -0.4 is 10.6 Å². The first-order valence-corrected chi connectivity index (χ1v) is 4.04. The molecule has 1 aromatic rings. The molecule has 68 valence electrons. The fourth-order valence-electron chi connectivity index (χ4n) is 0.712. The minimum atomic E-state index is 0.817. The van der Waals surface area contributed by atoms with E-state index in [2.05, 4.69) is 20.6 Å². The van der Waals surface area contributed by atoms with E-state index in [1.54, 1.807) is 6.20 Å². The number of nitrogens with one attached hydrogen (secondary N) is 2. The van der Waals surface area contributed by atoms with Crippen LogP contribution in [0.2, 0.25) is 0 Å². The van der Waals surface area contributed by atoms with Crippen LogP contribution in [0, 0.1) is 0 Å². The molecule has 0 bridgehead atoms. The van der Waals surface area contributed by atoms with Crippen molar-refractivity contribution in [3.05, 3.63) is 12.5 Å². The Kier molecular flexibility index (Phi) is 5.69. The standard InChI is InChI=1S/C6H10N4.C2H6/c1-7-5-3-9-4-10-6(5)8-2;1-2/h3-4,7H,1-2H3,(H,8,9,10);1-2H3. The van der Waals surface area contributed by atoms with Gasteiger partial charge < -0.3 is 10.6 Å². The maximum atomic E-state index is 3.98. The Bertz CT molecular complexity index is 189. The van der Waals surface area contributed by atoms with Crippen molar-refractivity contribution in [2.45, 2.75) is 13.8 Å². The Labute approximate surface area is 73.4 Å². The summed E-state index contributed by atoms with van der Waals surface area (Å²) < 4.78 is 0. The Morgan fingerprint density at radius 2 is 1.83 bits per heavy atom. The molecule has 2 N–H and O–H groups in total. The molecule has 0 saturated heterocycles. The molecule has 0 spiro atoms. The zero-order valence-electron chi connectivity index (χ0n) is 8.05. The molecule has 0 saturated carbocycles. The van der Waals surface area contributed by atoms with Crippen molar-refractivity contribution in [3.8, 4) is 0 Å². The van der Waals surface area contributed by atoms with Crippen LogP contribution in [-0.4, -0.2) is 24.1 Å². The lowest BCUT2D eigenvalue weighted by Crippen LogP contribution is -1.99. The van der Waals surface area contributed by atoms with Crippen molar-refractivity contribution in [1.29, 1.82) is 0 Å². The molecule has 0 amide bonds. The zero-order chi connectivity index (χ0) is 9.40. The number of anilines is 2. The second-order valence-corrected chi connectivity index (χ2v) is 1.79. The average molecular weight is 168 g/mol. The number of nitrogens with zero attached hydrogens (tertiary/aromatic N) is 2. The van der Waals surface area contributed by atoms with E-state index in [1.807, 2.05) is 27.9 Å². The number of hydrogen-bond acceptors (Lipinski definition) is 4. The summed E-state index contributed by atoms with van der Waals surface area (Å²) in [5, 5.41) is 5.89. The van der Waals surface area contributed by atoms with Crippen molar-refractivity contribution < 1.29 is 0 Å². The third-order valence-electron chi connectivity index (χ3n) is 1.22. The first-order chi connectivity index (χ1) is 5.88. The Morgan fingerprint density at radius 1 is 1.17 bits per heavy atom. The third-order valence-corrected chi connectivity index (χ3v) is 1.22. The molecule has 0 aliphatic carbocycles. The summed E-state index contributed by atoms with van der Waals surface area (Å²) in [6.07, 6.45) is 3.23. The third kappa shape index (κ3) is 2.74. The molecule has 1 aromatic heterocycles. The predicted octanol–water partition coefficient (Wildman–Crippen LogP) is 1.59. The fourth-order valence-corrected chi connectivity index (χ4v) is 0.712. The normalized spacial score (nSPS) is 8.00. The van der Waals surface area contributed by atoms with Gasteiger partial charge in [0.05, 0.1) is 11.9 Å². The maximum Gasteiger partial charge on any atom is 0.152 e. The van der Waals surface area contributed by atoms with Crippen molar-refractivity contribution >= 4 is 11.5 Å². The van der Waals surface area contributed by atoms with Gasteiger partial charge in [-0.15, -0.1) is 0 Å². The Balaban J connectivity index is 0.000000561. The maximum absolute atomic E-state index is 3.98. The van der Waals surface area contributed by atoms with Gasteiger partial charge in [0.2, 0.25) is 0 Å². The van der Waals surface area contributed by atoms with Crippen LogP contribution in [0.15, 0.2) is 12.5 Å². The number of rotatable bonds is 2. The molecule has 0 aliphatic rings. The quantitative estimate of drug-likeness (QED) is 0.704. The summed E-state index contributed by atoms with van der Waals surface area (Å²) >= 11 is 0. The molecule has 0 aliphatic heterocycles. The van der Waals surface area contributed by atoms with Gasteiger partial charge in [-0.1, -0.05) is 13.8 Å². The van der Waals surface area contributed by atoms with Gasteiger partial charge >= 0.3 is 0 Å². The summed E-state index contributed by atoms with van der Waals surface area (Å²) in [7, 11) is 3.66. The topological polar surface area (TPSA) is 49.8 Å². The van der Waals surface area contributed by atoms with Crippen LogP contribution in [0.5, 0.6) is 0 Å². The van der Waals surface area contributed by atoms with Crippen LogP contribution in [0.1, 0.15) is 13.8 Å². The lowest BCUT2D eigenvalue weighted by molar-refractivity contribution is 1.15. The average Bonchev–Trinajstić information content (AvgIpc) is 2.20. The first-order valence-electron chi connectivity index (χ1n) is 4.04. The second-order valence-electron chi connectivity index (χ2n) is 1.79. The lowest BCUT2D eigenvalue weighted by Gasteiger charge is -2.03. The smallest absolute Gasteiger partial charge is 0.152 e. The van der Waals surface area contributed by atoms with E-state index in [1.165, 1.54) is 6.33 Å². The van der Waals surface area contributed by atoms with Crippen LogP contribution >= 0.6 is 0 Å². The molecule has 0 unspecified atom stereocenters. The van der Waals surface area contributed by atoms with E-state index in [0.717, 1.165) is 11.5 Å². The van der Waals surface area contributed by atoms with Crippen molar-refractivity contribution in [3.63, 3.8) is 0 Å². The van der Waals surface area contributed by atoms with Gasteiger partial charge in [-0.3, -0.25) is 0 Å². The molecular formula is C8H16N4. The monoisotopic (exact) mass is 168 g/mol. The molecule has 4 heteroatoms. The van der Waals surface area contributed by atoms with E-state index in [-0.39, 0.29) is 0 Å². The molecule has 0 atom stereocenters. The van der Waals surface area contributed by atoms with Crippen LogP contribution in [-0.2, 0) is 0 Å². The highest BCUT2D eigenvalue weighted by Crippen LogP contribution is 2.13. The highest BCUT2D eigenvalue weighted by atomic mass is 15.0. The van der Waals surface area contributed by atoms with E-state index >= 15 is 0 Å². The van der Waals surface area contributed by atoms with Gasteiger partial charge in [0.1, 0.15) is 6.33 Å². The van der Waals surface area contributed by atoms with Crippen molar-refractivity contribution in [2.75, 3.05) is 24.7 Å². The van der Waals surface area contributed by atoms with Gasteiger partial charge in [-0.25, -0.2) is 9.97 Å². The van der Waals surface area contributed by atoms with Gasteiger partial charge in [-0.05, 0) is 0 Å². The summed E-state index contributed by atoms with van der Waals surface area (Å²) in [4.78, 5) is 7.83. The van der Waals surface area contributed by atoms with Crippen LogP contribution in [0.25, 0.3) is 0 Å². The van der Waals surface area contributed by atoms with E-state index < -0.39 is 0 Å². The summed E-state index contributed by atoms with van der Waals surface area (Å²) in [6, 6.07) is 0. The summed E-state index contributed by atoms with van der Waals surface area (Å²) in [6.45, 7) is 4.00. The van der Waals surface area contributed by atoms with Gasteiger partial charge in [0.15, 0.2) is 5.82 Å². The summed E-state index contributed by atoms with van der Waals surface area (Å²) in [5.74, 6) is 0.817. The second kappa shape index (κ2) is 6.39. The lowest BCUT2D eigenvalue weighted by atomic mass is 10.5. The van der Waals surface area contributed by atoms with E-state index in [0.29, 0.717) is 0 Å². The number of hydrogen-bond donors (Lipinski definition) is 2. The Hall–Kier alpha value is -1.32. The summed E-state index contributed by atoms with van der Waals surface area (Å²) in [5.41, 5.74) is 0.907. The van der Waals surface area contributed by atoms with Gasteiger partial charge in [-0.2, -0.15) is 0 Å². The minimum absolute atomic E-state index is 0.817. The minimum Gasteiger partial charge on any atom is -0.384 e. The molecule has 4 nitrogen and oxygen atoms in total. The molecule has 1 heterocycles. The van der Waals surface area contributed by atoms with Gasteiger partial charge in [0, 0.05) is 14.1 Å². The Morgan fingerprint density at radius 3 is 2.25 bits per heavy atom. The highest BCUT2D eigenvalue weighted by Gasteiger charge is 1.95. The molecular weight excluding hydrogens is 152 g/mol. The molecule has 0 aromatic carbocycles. The molecule has 0 radical (unpaired) electrons. The zero-order valence-corrected chi connectivity index (χ0v) is 8.05. The van der Waals surface area contributed by atoms with Crippen molar-refractivity contribution in [1.82, 2.24) is 9.97 Å². The fraction of sp³-hybridized carbons (Fsp3) is 0.500. The molecule has 1 rings (SSSR count). The highest BCUT2D eigenvalue weighted by molar-refractivity contribution is 5.61. The SMILES string of the molecule is CC.CNc1cncnc1NC. The van der Waals surface area contributed by atoms with Crippen molar-refractivity contribution in [2.24, 2.45) is 0 Å². The van der Waals surface area contributed by atoms with E-state index in [9.17, 15) is 0 Å². The molecule has 12 heavy (non-hydrogen) atoms. The number of aromatic nitrogens is 2. The van der Waals surface area contributed by atoms with Crippen LogP contribution in [0.3, 0.4) is 0 Å². The largest absolute Gasteiger partial charge is 0.384 e. The first kappa shape index (κ1) is 10.7. The van der Waals surface area contributed by atoms with E-state index in [4.69, 9.17) is 0 Å². The molecule has 0 fully saturated rings. The van der Waals surface area contributed by atoms with Gasteiger partial charge in [0.25, 0.3) is 0 Å². The van der Waals surface area contributed by atoms with Crippen LogP contribution in [0.4, 0.5) is 11.5 Å². The predicted molar refractivity (Wildman–Crippen MR) is 52.5 cm³/mol.